The molecule has 0 aromatic rings. The van der Waals surface area contributed by atoms with Crippen LogP contribution in [0.2, 0.25) is 0 Å². The average Bonchev–Trinajstić information content (AvgIpc) is 2.51. The number of carbonyl (C=O) groups is 4. The lowest BCUT2D eigenvalue weighted by Crippen LogP contribution is -2.43. The third kappa shape index (κ3) is 4.19. The molecule has 1 aliphatic heterocycles. The minimum absolute atomic E-state index is 0.0314. The molecule has 1 rings (SSSR count). The zero-order valence-corrected chi connectivity index (χ0v) is 11.3. The molecule has 1 fully saturated rings. The van der Waals surface area contributed by atoms with Crippen LogP contribution in [0.15, 0.2) is 0 Å². The van der Waals surface area contributed by atoms with Crippen LogP contribution in [-0.2, 0) is 19.1 Å². The van der Waals surface area contributed by atoms with Crippen LogP contribution in [0.5, 0.6) is 0 Å². The molecular weight excluding hydrogens is 270 g/mol. The Morgan fingerprint density at radius 3 is 2.55 bits per heavy atom. The summed E-state index contributed by atoms with van der Waals surface area (Å²) in [4.78, 5) is 45.8. The standard InChI is InChI=1S/C11H17N3O6/c1-11(2)9(18)14(10(19)13-11)5-7(15)12-3-4-20-6-8(16)17/h3-6H2,1-2H3,(H,12,15)(H,13,19)(H,16,17). The number of hydrogen-bond acceptors (Lipinski definition) is 5. The van der Waals surface area contributed by atoms with Crippen molar-refractivity contribution in [2.45, 2.75) is 19.4 Å². The maximum Gasteiger partial charge on any atom is 0.329 e. The molecular formula is C11H17N3O6. The number of hydrogen-bond donors (Lipinski definition) is 3. The number of rotatable bonds is 7. The third-order valence-corrected chi connectivity index (χ3v) is 2.54. The molecule has 0 spiro atoms. The molecule has 4 amide bonds. The number of ether oxygens (including phenoxy) is 1. The summed E-state index contributed by atoms with van der Waals surface area (Å²) in [6, 6.07) is -0.614. The second kappa shape index (κ2) is 6.33. The quantitative estimate of drug-likeness (QED) is 0.388. The van der Waals surface area contributed by atoms with Gasteiger partial charge < -0.3 is 20.5 Å². The zero-order valence-electron chi connectivity index (χ0n) is 11.3. The maximum absolute atomic E-state index is 11.8. The Morgan fingerprint density at radius 1 is 1.40 bits per heavy atom. The molecule has 1 aliphatic rings. The first-order valence-electron chi connectivity index (χ1n) is 5.94. The summed E-state index contributed by atoms with van der Waals surface area (Å²) in [7, 11) is 0. The lowest BCUT2D eigenvalue weighted by atomic mass is 10.1. The van der Waals surface area contributed by atoms with Crippen LogP contribution in [0.25, 0.3) is 0 Å². The van der Waals surface area contributed by atoms with Crippen molar-refractivity contribution in [1.82, 2.24) is 15.5 Å². The minimum atomic E-state index is -1.10. The summed E-state index contributed by atoms with van der Waals surface area (Å²) in [5.41, 5.74) is -1.01. The number of carboxylic acid groups (broad SMARTS) is 1. The summed E-state index contributed by atoms with van der Waals surface area (Å²) in [6.45, 7) is 2.39. The first kappa shape index (κ1) is 15.9. The van der Waals surface area contributed by atoms with E-state index in [4.69, 9.17) is 9.84 Å². The van der Waals surface area contributed by atoms with Crippen molar-refractivity contribution >= 4 is 23.8 Å². The molecule has 0 aliphatic carbocycles. The van der Waals surface area contributed by atoms with E-state index in [1.807, 2.05) is 0 Å². The van der Waals surface area contributed by atoms with Gasteiger partial charge in [0, 0.05) is 6.54 Å². The number of imide groups is 1. The number of nitrogens with zero attached hydrogens (tertiary/aromatic N) is 1. The second-order valence-electron chi connectivity index (χ2n) is 4.74. The van der Waals surface area contributed by atoms with E-state index in [2.05, 4.69) is 10.6 Å². The highest BCUT2D eigenvalue weighted by Crippen LogP contribution is 2.15. The lowest BCUT2D eigenvalue weighted by Gasteiger charge is -2.15. The Morgan fingerprint density at radius 2 is 2.05 bits per heavy atom. The summed E-state index contributed by atoms with van der Waals surface area (Å²) < 4.78 is 4.72. The van der Waals surface area contributed by atoms with E-state index < -0.39 is 36.0 Å². The molecule has 0 unspecified atom stereocenters. The predicted octanol–water partition coefficient (Wildman–Crippen LogP) is -1.47. The SMILES string of the molecule is CC1(C)NC(=O)N(CC(=O)NCCOCC(=O)O)C1=O. The second-order valence-corrected chi connectivity index (χ2v) is 4.74. The van der Waals surface area contributed by atoms with E-state index >= 15 is 0 Å². The Labute approximate surface area is 115 Å². The molecule has 20 heavy (non-hydrogen) atoms. The van der Waals surface area contributed by atoms with Gasteiger partial charge in [0.05, 0.1) is 6.61 Å². The molecule has 1 heterocycles. The van der Waals surface area contributed by atoms with E-state index in [1.54, 1.807) is 13.8 Å². The molecule has 3 N–H and O–H groups in total. The highest BCUT2D eigenvalue weighted by molar-refractivity contribution is 6.08. The van der Waals surface area contributed by atoms with Crippen molar-refractivity contribution in [3.63, 3.8) is 0 Å². The van der Waals surface area contributed by atoms with E-state index in [1.165, 1.54) is 0 Å². The van der Waals surface area contributed by atoms with Gasteiger partial charge in [0.2, 0.25) is 5.91 Å². The van der Waals surface area contributed by atoms with Gasteiger partial charge >= 0.3 is 12.0 Å². The fourth-order valence-electron chi connectivity index (χ4n) is 1.58. The Hall–Kier alpha value is -2.16. The number of nitrogens with one attached hydrogen (secondary N) is 2. The van der Waals surface area contributed by atoms with Crippen molar-refractivity contribution in [3.8, 4) is 0 Å². The van der Waals surface area contributed by atoms with Gasteiger partial charge in [0.25, 0.3) is 5.91 Å². The Balaban J connectivity index is 2.31. The lowest BCUT2D eigenvalue weighted by molar-refractivity contribution is -0.142. The normalized spacial score (nSPS) is 17.0. The van der Waals surface area contributed by atoms with E-state index in [0.717, 1.165) is 4.90 Å². The van der Waals surface area contributed by atoms with E-state index in [-0.39, 0.29) is 19.7 Å². The molecule has 1 saturated heterocycles. The monoisotopic (exact) mass is 287 g/mol. The summed E-state index contributed by atoms with van der Waals surface area (Å²) in [5.74, 6) is -2.09. The average molecular weight is 287 g/mol. The Bertz CT molecular complexity index is 434. The van der Waals surface area contributed by atoms with E-state index in [9.17, 15) is 19.2 Å². The molecule has 112 valence electrons. The topological polar surface area (TPSA) is 125 Å². The summed E-state index contributed by atoms with van der Waals surface area (Å²) in [6.07, 6.45) is 0. The number of carbonyl (C=O) groups excluding carboxylic acids is 3. The van der Waals surface area contributed by atoms with Crippen LogP contribution in [0.4, 0.5) is 4.79 Å². The molecule has 0 aromatic heterocycles. The van der Waals surface area contributed by atoms with Gasteiger partial charge in [-0.2, -0.15) is 0 Å². The number of amides is 4. The smallest absolute Gasteiger partial charge is 0.329 e. The van der Waals surface area contributed by atoms with Gasteiger partial charge in [0.15, 0.2) is 0 Å². The van der Waals surface area contributed by atoms with Gasteiger partial charge in [-0.1, -0.05) is 0 Å². The number of aliphatic carboxylic acids is 1. The third-order valence-electron chi connectivity index (χ3n) is 2.54. The maximum atomic E-state index is 11.8. The van der Waals surface area contributed by atoms with Gasteiger partial charge in [-0.3, -0.25) is 14.5 Å². The van der Waals surface area contributed by atoms with Crippen LogP contribution >= 0.6 is 0 Å². The molecule has 9 heteroatoms. The molecule has 9 nitrogen and oxygen atoms in total. The van der Waals surface area contributed by atoms with Crippen LogP contribution in [0.1, 0.15) is 13.8 Å². The van der Waals surface area contributed by atoms with Crippen molar-refractivity contribution in [1.29, 1.82) is 0 Å². The van der Waals surface area contributed by atoms with Crippen LogP contribution in [0, 0.1) is 0 Å². The van der Waals surface area contributed by atoms with Gasteiger partial charge in [-0.05, 0) is 13.8 Å². The van der Waals surface area contributed by atoms with Gasteiger partial charge in [-0.25, -0.2) is 9.59 Å². The fourth-order valence-corrected chi connectivity index (χ4v) is 1.58. The Kier molecular flexibility index (Phi) is 5.03. The predicted molar refractivity (Wildman–Crippen MR) is 65.8 cm³/mol. The minimum Gasteiger partial charge on any atom is -0.480 e. The van der Waals surface area contributed by atoms with Crippen LogP contribution in [-0.4, -0.2) is 65.7 Å². The van der Waals surface area contributed by atoms with Crippen LogP contribution in [0.3, 0.4) is 0 Å². The first-order valence-corrected chi connectivity index (χ1v) is 5.94. The van der Waals surface area contributed by atoms with Crippen LogP contribution < -0.4 is 10.6 Å². The summed E-state index contributed by atoms with van der Waals surface area (Å²) in [5, 5.41) is 13.2. The van der Waals surface area contributed by atoms with Crippen molar-refractivity contribution in [2.75, 3.05) is 26.3 Å². The largest absolute Gasteiger partial charge is 0.480 e. The fraction of sp³-hybridized carbons (Fsp3) is 0.636. The molecule has 0 atom stereocenters. The van der Waals surface area contributed by atoms with E-state index in [0.29, 0.717) is 0 Å². The molecule has 0 aromatic carbocycles. The van der Waals surface area contributed by atoms with Gasteiger partial charge in [-0.15, -0.1) is 0 Å². The number of carboxylic acids is 1. The summed E-state index contributed by atoms with van der Waals surface area (Å²) >= 11 is 0. The highest BCUT2D eigenvalue weighted by atomic mass is 16.5. The molecule has 0 saturated carbocycles. The van der Waals surface area contributed by atoms with Crippen molar-refractivity contribution < 1.29 is 29.0 Å². The zero-order chi connectivity index (χ0) is 15.3. The highest BCUT2D eigenvalue weighted by Gasteiger charge is 2.44. The number of urea groups is 1. The van der Waals surface area contributed by atoms with Crippen molar-refractivity contribution in [3.05, 3.63) is 0 Å². The van der Waals surface area contributed by atoms with Crippen molar-refractivity contribution in [2.24, 2.45) is 0 Å². The first-order chi connectivity index (χ1) is 9.24. The molecule has 0 radical (unpaired) electrons. The molecule has 0 bridgehead atoms. The van der Waals surface area contributed by atoms with Gasteiger partial charge in [0.1, 0.15) is 18.7 Å².